The van der Waals surface area contributed by atoms with E-state index in [-0.39, 0.29) is 36.4 Å². The molecule has 9 heteroatoms. The Hall–Kier alpha value is -3.36. The second-order valence-electron chi connectivity index (χ2n) is 8.20. The van der Waals surface area contributed by atoms with Crippen molar-refractivity contribution in [1.29, 1.82) is 0 Å². The number of carbonyl (C=O) groups excluding carboxylic acids is 2. The van der Waals surface area contributed by atoms with Crippen molar-refractivity contribution in [3.8, 4) is 5.75 Å². The number of amides is 2. The Balaban J connectivity index is 1.56. The normalized spacial score (nSPS) is 14.3. The van der Waals surface area contributed by atoms with E-state index in [1.54, 1.807) is 9.80 Å². The number of para-hydroxylation sites is 1. The lowest BCUT2D eigenvalue weighted by molar-refractivity contribution is 0.0140. The molecule has 0 saturated carbocycles. The number of hydrogen-bond donors (Lipinski definition) is 0. The van der Waals surface area contributed by atoms with E-state index in [4.69, 9.17) is 9.47 Å². The van der Waals surface area contributed by atoms with Crippen molar-refractivity contribution in [3.05, 3.63) is 58.5 Å². The van der Waals surface area contributed by atoms with Gasteiger partial charge in [-0.15, -0.1) is 0 Å². The molecule has 2 aromatic rings. The molecule has 0 radical (unpaired) electrons. The number of carbonyl (C=O) groups is 2. The van der Waals surface area contributed by atoms with Crippen molar-refractivity contribution in [2.75, 3.05) is 32.8 Å². The predicted octanol–water partition coefficient (Wildman–Crippen LogP) is 2.02. The van der Waals surface area contributed by atoms with Crippen molar-refractivity contribution >= 4 is 12.0 Å². The molecule has 1 fully saturated rings. The fourth-order valence-corrected chi connectivity index (χ4v) is 3.07. The molecule has 9 nitrogen and oxygen atoms in total. The van der Waals surface area contributed by atoms with Gasteiger partial charge in [0.05, 0.1) is 6.54 Å². The maximum absolute atomic E-state index is 12.8. The van der Waals surface area contributed by atoms with E-state index in [2.05, 4.69) is 5.10 Å². The van der Waals surface area contributed by atoms with Crippen molar-refractivity contribution in [1.82, 2.24) is 19.6 Å². The van der Waals surface area contributed by atoms with Gasteiger partial charge in [0, 0.05) is 32.2 Å². The van der Waals surface area contributed by atoms with Crippen LogP contribution in [0.15, 0.2) is 47.3 Å². The first kappa shape index (κ1) is 22.3. The van der Waals surface area contributed by atoms with Crippen LogP contribution in [0.3, 0.4) is 0 Å². The zero-order chi connectivity index (χ0) is 22.4. The fourth-order valence-electron chi connectivity index (χ4n) is 3.07. The van der Waals surface area contributed by atoms with Gasteiger partial charge in [-0.2, -0.15) is 5.10 Å². The minimum absolute atomic E-state index is 0.185. The minimum Gasteiger partial charge on any atom is -0.492 e. The smallest absolute Gasteiger partial charge is 0.410 e. The van der Waals surface area contributed by atoms with Crippen LogP contribution in [-0.4, -0.2) is 70.0 Å². The van der Waals surface area contributed by atoms with Gasteiger partial charge < -0.3 is 19.3 Å². The fraction of sp³-hybridized carbons (Fsp3) is 0.455. The molecular formula is C22H28N4O5. The summed E-state index contributed by atoms with van der Waals surface area (Å²) in [7, 11) is 0. The molecule has 0 N–H and O–H groups in total. The zero-order valence-corrected chi connectivity index (χ0v) is 18.1. The summed E-state index contributed by atoms with van der Waals surface area (Å²) >= 11 is 0. The van der Waals surface area contributed by atoms with Crippen LogP contribution >= 0.6 is 0 Å². The molecule has 0 aliphatic carbocycles. The van der Waals surface area contributed by atoms with Gasteiger partial charge in [0.1, 0.15) is 23.7 Å². The van der Waals surface area contributed by atoms with Gasteiger partial charge in [-0.1, -0.05) is 18.2 Å². The SMILES string of the molecule is CC(C)(C)OC(=O)N1CCN(C(=O)c2ccc(=O)n(CCOc3ccccc3)n2)CC1. The molecule has 1 aliphatic rings. The van der Waals surface area contributed by atoms with Gasteiger partial charge in [0.25, 0.3) is 11.5 Å². The van der Waals surface area contributed by atoms with E-state index >= 15 is 0 Å². The van der Waals surface area contributed by atoms with Gasteiger partial charge in [-0.05, 0) is 39.0 Å². The van der Waals surface area contributed by atoms with Crippen LogP contribution in [0.25, 0.3) is 0 Å². The lowest BCUT2D eigenvalue weighted by atomic mass is 10.2. The second kappa shape index (κ2) is 9.63. The molecular weight excluding hydrogens is 400 g/mol. The van der Waals surface area contributed by atoms with Crippen molar-refractivity contribution < 1.29 is 19.1 Å². The Labute approximate surface area is 181 Å². The first-order valence-electron chi connectivity index (χ1n) is 10.3. The molecule has 1 aromatic heterocycles. The lowest BCUT2D eigenvalue weighted by Gasteiger charge is -2.35. The molecule has 166 valence electrons. The molecule has 2 heterocycles. The lowest BCUT2D eigenvalue weighted by Crippen LogP contribution is -2.51. The summed E-state index contributed by atoms with van der Waals surface area (Å²) in [5.74, 6) is 0.423. The summed E-state index contributed by atoms with van der Waals surface area (Å²) in [5.41, 5.74) is -0.681. The summed E-state index contributed by atoms with van der Waals surface area (Å²) in [5, 5.41) is 4.21. The molecule has 0 atom stereocenters. The monoisotopic (exact) mass is 428 g/mol. The molecule has 0 bridgehead atoms. The van der Waals surface area contributed by atoms with Crippen LogP contribution in [0.5, 0.6) is 5.75 Å². The van der Waals surface area contributed by atoms with Crippen LogP contribution in [0.2, 0.25) is 0 Å². The van der Waals surface area contributed by atoms with Gasteiger partial charge in [0.15, 0.2) is 0 Å². The van der Waals surface area contributed by atoms with Gasteiger partial charge >= 0.3 is 6.09 Å². The van der Waals surface area contributed by atoms with Crippen LogP contribution in [0.4, 0.5) is 4.79 Å². The zero-order valence-electron chi connectivity index (χ0n) is 18.1. The topological polar surface area (TPSA) is 94.0 Å². The maximum atomic E-state index is 12.8. The van der Waals surface area contributed by atoms with E-state index < -0.39 is 5.60 Å². The Kier molecular flexibility index (Phi) is 6.94. The Morgan fingerprint density at radius 1 is 0.968 bits per heavy atom. The first-order chi connectivity index (χ1) is 14.7. The molecule has 0 spiro atoms. The molecule has 0 unspecified atom stereocenters. The van der Waals surface area contributed by atoms with Gasteiger partial charge in [-0.3, -0.25) is 9.59 Å². The first-order valence-corrected chi connectivity index (χ1v) is 10.3. The van der Waals surface area contributed by atoms with Crippen molar-refractivity contribution in [2.24, 2.45) is 0 Å². The summed E-state index contributed by atoms with van der Waals surface area (Å²) in [6.07, 6.45) is -0.385. The Bertz CT molecular complexity index is 960. The van der Waals surface area contributed by atoms with Gasteiger partial charge in [-0.25, -0.2) is 9.48 Å². The number of nitrogens with zero attached hydrogens (tertiary/aromatic N) is 4. The van der Waals surface area contributed by atoms with Gasteiger partial charge in [0.2, 0.25) is 0 Å². The van der Waals surface area contributed by atoms with E-state index in [9.17, 15) is 14.4 Å². The van der Waals surface area contributed by atoms with Crippen molar-refractivity contribution in [3.63, 3.8) is 0 Å². The highest BCUT2D eigenvalue weighted by Crippen LogP contribution is 2.13. The highest BCUT2D eigenvalue weighted by Gasteiger charge is 2.28. The molecule has 2 amide bonds. The average Bonchev–Trinajstić information content (AvgIpc) is 2.74. The van der Waals surface area contributed by atoms with E-state index in [0.717, 1.165) is 0 Å². The second-order valence-corrected chi connectivity index (χ2v) is 8.20. The highest BCUT2D eigenvalue weighted by molar-refractivity contribution is 5.92. The number of rotatable bonds is 5. The third kappa shape index (κ3) is 6.31. The quantitative estimate of drug-likeness (QED) is 0.723. The largest absolute Gasteiger partial charge is 0.492 e. The van der Waals surface area contributed by atoms with Crippen LogP contribution in [0.1, 0.15) is 31.3 Å². The van der Waals surface area contributed by atoms with Crippen LogP contribution in [-0.2, 0) is 11.3 Å². The van der Waals surface area contributed by atoms with Crippen molar-refractivity contribution in [2.45, 2.75) is 32.9 Å². The van der Waals surface area contributed by atoms with E-state index in [0.29, 0.717) is 31.9 Å². The number of ether oxygens (including phenoxy) is 2. The highest BCUT2D eigenvalue weighted by atomic mass is 16.6. The maximum Gasteiger partial charge on any atom is 0.410 e. The molecule has 1 saturated heterocycles. The number of piperazine rings is 1. The third-order valence-electron chi connectivity index (χ3n) is 4.62. The Morgan fingerprint density at radius 2 is 1.61 bits per heavy atom. The third-order valence-corrected chi connectivity index (χ3v) is 4.62. The Morgan fingerprint density at radius 3 is 2.26 bits per heavy atom. The summed E-state index contributed by atoms with van der Waals surface area (Å²) in [6, 6.07) is 12.0. The number of aromatic nitrogens is 2. The van der Waals surface area contributed by atoms with E-state index in [1.807, 2.05) is 51.1 Å². The molecule has 1 aromatic carbocycles. The standard InChI is InChI=1S/C22H28N4O5/c1-22(2,3)31-21(29)25-13-11-24(12-14-25)20(28)18-9-10-19(27)26(23-18)15-16-30-17-7-5-4-6-8-17/h4-10H,11-16H2,1-3H3. The number of hydrogen-bond acceptors (Lipinski definition) is 6. The molecule has 31 heavy (non-hydrogen) atoms. The molecule has 3 rings (SSSR count). The van der Waals surface area contributed by atoms with E-state index in [1.165, 1.54) is 16.8 Å². The average molecular weight is 428 g/mol. The minimum atomic E-state index is -0.564. The molecule has 1 aliphatic heterocycles. The predicted molar refractivity (Wildman–Crippen MR) is 114 cm³/mol. The summed E-state index contributed by atoms with van der Waals surface area (Å²) < 4.78 is 12.2. The van der Waals surface area contributed by atoms with Crippen LogP contribution < -0.4 is 10.3 Å². The summed E-state index contributed by atoms with van der Waals surface area (Å²) in [6.45, 7) is 7.43. The van der Waals surface area contributed by atoms with Crippen LogP contribution in [0, 0.1) is 0 Å². The number of benzene rings is 1. The summed E-state index contributed by atoms with van der Waals surface area (Å²) in [4.78, 5) is 40.3.